The van der Waals surface area contributed by atoms with Gasteiger partial charge in [0.1, 0.15) is 11.6 Å². The van der Waals surface area contributed by atoms with E-state index < -0.39 is 6.04 Å². The zero-order valence-electron chi connectivity index (χ0n) is 14.6. The van der Waals surface area contributed by atoms with Gasteiger partial charge in [-0.2, -0.15) is 0 Å². The smallest absolute Gasteiger partial charge is 0.291 e. The maximum absolute atomic E-state index is 13.3. The molecular formula is C22H14ClNO3S. The second kappa shape index (κ2) is 6.62. The molecule has 0 saturated heterocycles. The molecular weight excluding hydrogens is 394 g/mol. The number of nitrogens with zero attached hydrogens (tertiary/aromatic N) is 1. The third-order valence-corrected chi connectivity index (χ3v) is 6.28. The Morgan fingerprint density at radius 2 is 1.79 bits per heavy atom. The van der Waals surface area contributed by atoms with Gasteiger partial charge in [-0.15, -0.1) is 11.3 Å². The van der Waals surface area contributed by atoms with Crippen molar-refractivity contribution in [3.63, 3.8) is 0 Å². The Morgan fingerprint density at radius 3 is 2.57 bits per heavy atom. The van der Waals surface area contributed by atoms with Crippen LogP contribution in [0.4, 0.5) is 0 Å². The van der Waals surface area contributed by atoms with Crippen LogP contribution in [0.3, 0.4) is 0 Å². The summed E-state index contributed by atoms with van der Waals surface area (Å²) in [6.07, 6.45) is 0. The highest BCUT2D eigenvalue weighted by atomic mass is 35.5. The average Bonchev–Trinajstić information content (AvgIpc) is 3.32. The topological polar surface area (TPSA) is 50.5 Å². The van der Waals surface area contributed by atoms with Crippen LogP contribution < -0.4 is 5.43 Å². The molecule has 1 aliphatic rings. The molecule has 0 fully saturated rings. The van der Waals surface area contributed by atoms with E-state index in [1.807, 2.05) is 35.7 Å². The Balaban J connectivity index is 1.73. The van der Waals surface area contributed by atoms with Crippen LogP contribution in [0.25, 0.3) is 11.0 Å². The Bertz CT molecular complexity index is 1260. The molecule has 0 N–H and O–H groups in total. The van der Waals surface area contributed by atoms with Gasteiger partial charge in [-0.1, -0.05) is 48.0 Å². The molecule has 0 saturated carbocycles. The quantitative estimate of drug-likeness (QED) is 0.466. The van der Waals surface area contributed by atoms with Crippen molar-refractivity contribution in [1.29, 1.82) is 0 Å². The van der Waals surface area contributed by atoms with Crippen molar-refractivity contribution in [3.8, 4) is 0 Å². The Hall–Kier alpha value is -2.89. The molecule has 6 heteroatoms. The van der Waals surface area contributed by atoms with Crippen LogP contribution in [0.15, 0.2) is 75.3 Å². The minimum atomic E-state index is -0.486. The maximum atomic E-state index is 13.3. The second-order valence-electron chi connectivity index (χ2n) is 6.61. The molecule has 2 aromatic carbocycles. The number of amides is 1. The molecule has 1 aliphatic heterocycles. The van der Waals surface area contributed by atoms with Gasteiger partial charge in [0.2, 0.25) is 5.76 Å². The van der Waals surface area contributed by atoms with Gasteiger partial charge in [-0.3, -0.25) is 9.59 Å². The maximum Gasteiger partial charge on any atom is 0.291 e. The highest BCUT2D eigenvalue weighted by Gasteiger charge is 2.43. The number of thiophene rings is 1. The fraction of sp³-hybridized carbons (Fsp3) is 0.0909. The molecule has 0 aliphatic carbocycles. The molecule has 3 heterocycles. The van der Waals surface area contributed by atoms with Crippen molar-refractivity contribution in [2.75, 3.05) is 0 Å². The van der Waals surface area contributed by atoms with Crippen molar-refractivity contribution < 1.29 is 9.21 Å². The van der Waals surface area contributed by atoms with Gasteiger partial charge in [0, 0.05) is 16.4 Å². The van der Waals surface area contributed by atoms with Gasteiger partial charge in [0.05, 0.1) is 10.9 Å². The second-order valence-corrected chi connectivity index (χ2v) is 8.00. The van der Waals surface area contributed by atoms with Crippen molar-refractivity contribution >= 4 is 39.8 Å². The van der Waals surface area contributed by atoms with Gasteiger partial charge in [0.15, 0.2) is 5.43 Å². The van der Waals surface area contributed by atoms with E-state index in [-0.39, 0.29) is 17.1 Å². The van der Waals surface area contributed by atoms with E-state index in [0.29, 0.717) is 28.1 Å². The first kappa shape index (κ1) is 17.2. The minimum absolute atomic E-state index is 0.120. The van der Waals surface area contributed by atoms with Crippen molar-refractivity contribution in [2.45, 2.75) is 12.6 Å². The van der Waals surface area contributed by atoms with Crippen LogP contribution in [-0.2, 0) is 6.54 Å². The zero-order valence-corrected chi connectivity index (χ0v) is 16.2. The number of rotatable bonds is 3. The standard InChI is InChI=1S/C22H14ClNO3S/c23-15-8-3-1-6-13(15)12-24-19(17-10-5-11-28-17)18-20(25)14-7-2-4-9-16(14)27-21(18)22(24)26/h1-11,19H,12H2/t19-/m1/s1. The number of hydrogen-bond donors (Lipinski definition) is 0. The predicted molar refractivity (Wildman–Crippen MR) is 110 cm³/mol. The summed E-state index contributed by atoms with van der Waals surface area (Å²) in [6, 6.07) is 17.8. The van der Waals surface area contributed by atoms with Crippen LogP contribution in [0.2, 0.25) is 5.02 Å². The molecule has 0 spiro atoms. The van der Waals surface area contributed by atoms with Gasteiger partial charge in [-0.25, -0.2) is 0 Å². The van der Waals surface area contributed by atoms with E-state index in [9.17, 15) is 9.59 Å². The summed E-state index contributed by atoms with van der Waals surface area (Å²) < 4.78 is 5.90. The first-order chi connectivity index (χ1) is 13.6. The van der Waals surface area contributed by atoms with Crippen LogP contribution in [-0.4, -0.2) is 10.8 Å². The summed E-state index contributed by atoms with van der Waals surface area (Å²) in [7, 11) is 0. The van der Waals surface area contributed by atoms with Gasteiger partial charge in [0.25, 0.3) is 5.91 Å². The highest BCUT2D eigenvalue weighted by Crippen LogP contribution is 2.41. The number of benzene rings is 2. The lowest BCUT2D eigenvalue weighted by Crippen LogP contribution is -2.28. The Morgan fingerprint density at radius 1 is 1.00 bits per heavy atom. The van der Waals surface area contributed by atoms with E-state index in [4.69, 9.17) is 16.0 Å². The monoisotopic (exact) mass is 407 g/mol. The fourth-order valence-electron chi connectivity index (χ4n) is 3.68. The van der Waals surface area contributed by atoms with Crippen LogP contribution in [0, 0.1) is 0 Å². The van der Waals surface area contributed by atoms with Crippen LogP contribution in [0.1, 0.15) is 32.6 Å². The van der Waals surface area contributed by atoms with Crippen LogP contribution >= 0.6 is 22.9 Å². The Kier molecular flexibility index (Phi) is 4.07. The molecule has 138 valence electrons. The number of halogens is 1. The summed E-state index contributed by atoms with van der Waals surface area (Å²) in [6.45, 7) is 0.293. The molecule has 0 unspecified atom stereocenters. The summed E-state index contributed by atoms with van der Waals surface area (Å²) in [5.41, 5.74) is 1.48. The Labute approximate surface area is 169 Å². The normalized spacial score (nSPS) is 16.0. The van der Waals surface area contributed by atoms with Gasteiger partial charge < -0.3 is 9.32 Å². The molecule has 2 aromatic heterocycles. The third-order valence-electron chi connectivity index (χ3n) is 4.98. The van der Waals surface area contributed by atoms with E-state index in [1.165, 1.54) is 11.3 Å². The first-order valence-electron chi connectivity index (χ1n) is 8.78. The highest BCUT2D eigenvalue weighted by molar-refractivity contribution is 7.10. The van der Waals surface area contributed by atoms with Crippen molar-refractivity contribution in [2.24, 2.45) is 0 Å². The number of carbonyl (C=O) groups excluding carboxylic acids is 1. The molecule has 4 nitrogen and oxygen atoms in total. The molecule has 1 amide bonds. The van der Waals surface area contributed by atoms with Crippen molar-refractivity contribution in [1.82, 2.24) is 4.90 Å². The lowest BCUT2D eigenvalue weighted by Gasteiger charge is -2.24. The summed E-state index contributed by atoms with van der Waals surface area (Å²) in [4.78, 5) is 29.1. The molecule has 0 bridgehead atoms. The lowest BCUT2D eigenvalue weighted by atomic mass is 10.0. The fourth-order valence-corrected chi connectivity index (χ4v) is 4.72. The third kappa shape index (κ3) is 2.58. The minimum Gasteiger partial charge on any atom is -0.450 e. The first-order valence-corrected chi connectivity index (χ1v) is 10.0. The summed E-state index contributed by atoms with van der Waals surface area (Å²) >= 11 is 7.84. The van der Waals surface area contributed by atoms with Gasteiger partial charge >= 0.3 is 0 Å². The van der Waals surface area contributed by atoms with E-state index in [1.54, 1.807) is 35.2 Å². The molecule has 0 radical (unpaired) electrons. The number of fused-ring (bicyclic) bond motifs is 2. The van der Waals surface area contributed by atoms with E-state index in [0.717, 1.165) is 10.4 Å². The van der Waals surface area contributed by atoms with Crippen molar-refractivity contribution in [3.05, 3.63) is 103 Å². The van der Waals surface area contributed by atoms with Gasteiger partial charge in [-0.05, 0) is 35.2 Å². The predicted octanol–water partition coefficient (Wildman–Crippen LogP) is 5.25. The molecule has 4 aromatic rings. The molecule has 1 atom stereocenters. The van der Waals surface area contributed by atoms with E-state index >= 15 is 0 Å². The largest absolute Gasteiger partial charge is 0.450 e. The summed E-state index contributed by atoms with van der Waals surface area (Å²) in [5.74, 6) is -0.176. The number of para-hydroxylation sites is 1. The number of carbonyl (C=O) groups is 1. The van der Waals surface area contributed by atoms with E-state index in [2.05, 4.69) is 0 Å². The molecule has 5 rings (SSSR count). The van der Waals surface area contributed by atoms with Crippen LogP contribution in [0.5, 0.6) is 0 Å². The summed E-state index contributed by atoms with van der Waals surface area (Å²) in [5, 5.41) is 3.00. The number of hydrogen-bond acceptors (Lipinski definition) is 4. The SMILES string of the molecule is O=C1c2oc3ccccc3c(=O)c2[C@@H](c2cccs2)N1Cc1ccccc1Cl. The average molecular weight is 408 g/mol. The lowest BCUT2D eigenvalue weighted by molar-refractivity contribution is 0.0716. The molecule has 28 heavy (non-hydrogen) atoms. The zero-order chi connectivity index (χ0) is 19.3.